The van der Waals surface area contributed by atoms with Crippen LogP contribution < -0.4 is 10.6 Å². The van der Waals surface area contributed by atoms with E-state index in [0.717, 1.165) is 12.1 Å². The maximum Gasteiger partial charge on any atom is 0.0401 e. The van der Waals surface area contributed by atoms with Crippen LogP contribution in [0.25, 0.3) is 0 Å². The van der Waals surface area contributed by atoms with Gasteiger partial charge in [-0.1, -0.05) is 0 Å². The maximum atomic E-state index is 5.83. The smallest absolute Gasteiger partial charge is 0.0401 e. The summed E-state index contributed by atoms with van der Waals surface area (Å²) in [5.74, 6) is 0. The summed E-state index contributed by atoms with van der Waals surface area (Å²) in [7, 11) is 0. The van der Waals surface area contributed by atoms with E-state index in [9.17, 15) is 0 Å². The zero-order chi connectivity index (χ0) is 12.4. The van der Waals surface area contributed by atoms with E-state index in [-0.39, 0.29) is 0 Å². The Morgan fingerprint density at radius 2 is 1.89 bits per heavy atom. The molecule has 1 saturated heterocycles. The molecule has 2 aliphatic rings. The highest BCUT2D eigenvalue weighted by Gasteiger charge is 2.19. The molecule has 0 spiro atoms. The van der Waals surface area contributed by atoms with Crippen LogP contribution in [0.2, 0.25) is 0 Å². The summed E-state index contributed by atoms with van der Waals surface area (Å²) in [5, 5.41) is 0. The third-order valence-corrected chi connectivity index (χ3v) is 4.20. The maximum absolute atomic E-state index is 5.83. The highest BCUT2D eigenvalue weighted by atomic mass is 15.2. The number of rotatable bonds is 4. The van der Waals surface area contributed by atoms with Gasteiger partial charge in [-0.15, -0.1) is 0 Å². The minimum Gasteiger partial charge on any atom is -0.399 e. The molecule has 0 bridgehead atoms. The fourth-order valence-electron chi connectivity index (χ4n) is 3.21. The van der Waals surface area contributed by atoms with E-state index >= 15 is 0 Å². The summed E-state index contributed by atoms with van der Waals surface area (Å²) in [6.45, 7) is 6.24. The number of fused-ring (bicyclic) bond motifs is 1. The van der Waals surface area contributed by atoms with Gasteiger partial charge in [0.1, 0.15) is 0 Å². The third kappa shape index (κ3) is 2.46. The Kier molecular flexibility index (Phi) is 3.41. The van der Waals surface area contributed by atoms with Crippen LogP contribution >= 0.6 is 0 Å². The normalized spacial score (nSPS) is 19.4. The quantitative estimate of drug-likeness (QED) is 0.825. The van der Waals surface area contributed by atoms with Crippen LogP contribution in [-0.2, 0) is 6.42 Å². The lowest BCUT2D eigenvalue weighted by atomic mass is 10.1. The van der Waals surface area contributed by atoms with E-state index in [1.54, 1.807) is 0 Å². The lowest BCUT2D eigenvalue weighted by Crippen LogP contribution is -2.27. The lowest BCUT2D eigenvalue weighted by molar-refractivity contribution is 0.335. The highest BCUT2D eigenvalue weighted by Crippen LogP contribution is 2.29. The van der Waals surface area contributed by atoms with Gasteiger partial charge < -0.3 is 15.5 Å². The van der Waals surface area contributed by atoms with Crippen molar-refractivity contribution in [1.82, 2.24) is 4.90 Å². The molecule has 0 aliphatic carbocycles. The molecule has 1 aromatic carbocycles. The number of hydrogen-bond acceptors (Lipinski definition) is 3. The molecule has 18 heavy (non-hydrogen) atoms. The minimum absolute atomic E-state index is 0.896. The van der Waals surface area contributed by atoms with Gasteiger partial charge in [0.05, 0.1) is 0 Å². The molecule has 1 fully saturated rings. The van der Waals surface area contributed by atoms with Crippen LogP contribution in [0.3, 0.4) is 0 Å². The number of likely N-dealkylation sites (tertiary alicyclic amines) is 1. The molecule has 2 heterocycles. The number of nitrogens with zero attached hydrogens (tertiary/aromatic N) is 2. The van der Waals surface area contributed by atoms with Crippen LogP contribution in [0, 0.1) is 0 Å². The summed E-state index contributed by atoms with van der Waals surface area (Å²) in [6.07, 6.45) is 5.23. The lowest BCUT2D eigenvalue weighted by Gasteiger charge is -2.21. The van der Waals surface area contributed by atoms with Crippen LogP contribution in [0.15, 0.2) is 18.2 Å². The monoisotopic (exact) mass is 245 g/mol. The van der Waals surface area contributed by atoms with Crippen LogP contribution in [0.1, 0.15) is 24.8 Å². The Morgan fingerprint density at radius 1 is 1.06 bits per heavy atom. The average Bonchev–Trinajstić information content (AvgIpc) is 2.99. The SMILES string of the molecule is Nc1ccc2c(c1)CCN2CCCN1CCCC1. The first-order valence-electron chi connectivity index (χ1n) is 7.19. The Morgan fingerprint density at radius 3 is 2.72 bits per heavy atom. The van der Waals surface area contributed by atoms with Gasteiger partial charge >= 0.3 is 0 Å². The summed E-state index contributed by atoms with van der Waals surface area (Å²) in [4.78, 5) is 5.12. The Bertz CT molecular complexity index is 410. The zero-order valence-electron chi connectivity index (χ0n) is 11.1. The number of hydrogen-bond donors (Lipinski definition) is 1. The molecule has 2 N–H and O–H groups in total. The first-order chi connectivity index (χ1) is 8.83. The molecule has 0 unspecified atom stereocenters. The summed E-state index contributed by atoms with van der Waals surface area (Å²) in [5.41, 5.74) is 9.56. The zero-order valence-corrected chi connectivity index (χ0v) is 11.1. The van der Waals surface area contributed by atoms with Crippen molar-refractivity contribution in [2.75, 3.05) is 43.4 Å². The molecule has 0 aromatic heterocycles. The highest BCUT2D eigenvalue weighted by molar-refractivity contribution is 5.62. The van der Waals surface area contributed by atoms with Gasteiger partial charge in [0.25, 0.3) is 0 Å². The third-order valence-electron chi connectivity index (χ3n) is 4.20. The molecule has 3 heteroatoms. The van der Waals surface area contributed by atoms with E-state index in [0.29, 0.717) is 0 Å². The fraction of sp³-hybridized carbons (Fsp3) is 0.600. The number of nitrogen functional groups attached to an aromatic ring is 1. The van der Waals surface area contributed by atoms with Gasteiger partial charge in [0.15, 0.2) is 0 Å². The Balaban J connectivity index is 1.53. The largest absolute Gasteiger partial charge is 0.399 e. The fourth-order valence-corrected chi connectivity index (χ4v) is 3.21. The van der Waals surface area contributed by atoms with Crippen molar-refractivity contribution in [1.29, 1.82) is 0 Å². The van der Waals surface area contributed by atoms with Crippen LogP contribution in [0.4, 0.5) is 11.4 Å². The molecular weight excluding hydrogens is 222 g/mol. The van der Waals surface area contributed by atoms with Gasteiger partial charge in [-0.25, -0.2) is 0 Å². The minimum atomic E-state index is 0.896. The Labute approximate surface area is 110 Å². The van der Waals surface area contributed by atoms with Crippen molar-refractivity contribution in [2.24, 2.45) is 0 Å². The summed E-state index contributed by atoms with van der Waals surface area (Å²) >= 11 is 0. The predicted molar refractivity (Wildman–Crippen MR) is 77.1 cm³/mol. The molecular formula is C15H23N3. The van der Waals surface area contributed by atoms with Crippen molar-refractivity contribution in [3.63, 3.8) is 0 Å². The van der Waals surface area contributed by atoms with E-state index < -0.39 is 0 Å². The van der Waals surface area contributed by atoms with Gasteiger partial charge in [0.2, 0.25) is 0 Å². The first kappa shape index (κ1) is 11.8. The van der Waals surface area contributed by atoms with Gasteiger partial charge in [-0.3, -0.25) is 0 Å². The number of anilines is 2. The average molecular weight is 245 g/mol. The standard InChI is InChI=1S/C15H23N3/c16-14-4-5-15-13(12-14)6-11-18(15)10-3-9-17-7-1-2-8-17/h4-5,12H,1-3,6-11,16H2. The van der Waals surface area contributed by atoms with Crippen LogP contribution in [-0.4, -0.2) is 37.6 Å². The Hall–Kier alpha value is -1.22. The molecule has 0 atom stereocenters. The number of benzene rings is 1. The molecule has 3 rings (SSSR count). The molecule has 1 aromatic rings. The molecule has 2 aliphatic heterocycles. The second-order valence-corrected chi connectivity index (χ2v) is 5.53. The molecule has 0 radical (unpaired) electrons. The van der Waals surface area contributed by atoms with Crippen molar-refractivity contribution in [3.05, 3.63) is 23.8 Å². The van der Waals surface area contributed by atoms with Crippen LogP contribution in [0.5, 0.6) is 0 Å². The van der Waals surface area contributed by atoms with E-state index in [1.807, 2.05) is 6.07 Å². The van der Waals surface area contributed by atoms with Crippen molar-refractivity contribution in [3.8, 4) is 0 Å². The number of nitrogens with two attached hydrogens (primary N) is 1. The summed E-state index contributed by atoms with van der Waals surface area (Å²) < 4.78 is 0. The van der Waals surface area contributed by atoms with E-state index in [4.69, 9.17) is 5.73 Å². The molecule has 98 valence electrons. The first-order valence-corrected chi connectivity index (χ1v) is 7.19. The van der Waals surface area contributed by atoms with Gasteiger partial charge in [-0.05, 0) is 69.1 Å². The summed E-state index contributed by atoms with van der Waals surface area (Å²) in [6, 6.07) is 6.35. The van der Waals surface area contributed by atoms with Gasteiger partial charge in [0, 0.05) is 24.5 Å². The van der Waals surface area contributed by atoms with Crippen molar-refractivity contribution >= 4 is 11.4 Å². The predicted octanol–water partition coefficient (Wildman–Crippen LogP) is 2.12. The van der Waals surface area contributed by atoms with E-state index in [2.05, 4.69) is 21.9 Å². The topological polar surface area (TPSA) is 32.5 Å². The van der Waals surface area contributed by atoms with E-state index in [1.165, 1.54) is 63.2 Å². The van der Waals surface area contributed by atoms with Gasteiger partial charge in [-0.2, -0.15) is 0 Å². The van der Waals surface area contributed by atoms with Crippen molar-refractivity contribution < 1.29 is 0 Å². The molecule has 0 saturated carbocycles. The second kappa shape index (κ2) is 5.19. The van der Waals surface area contributed by atoms with Crippen molar-refractivity contribution in [2.45, 2.75) is 25.7 Å². The molecule has 3 nitrogen and oxygen atoms in total. The second-order valence-electron chi connectivity index (χ2n) is 5.53. The molecule has 0 amide bonds.